The Balaban J connectivity index is 1.95. The van der Waals surface area contributed by atoms with Gasteiger partial charge in [0.15, 0.2) is 6.10 Å². The van der Waals surface area contributed by atoms with Gasteiger partial charge in [-0.15, -0.1) is 0 Å². The lowest BCUT2D eigenvalue weighted by atomic mass is 10.1. The predicted octanol–water partition coefficient (Wildman–Crippen LogP) is 2.70. The van der Waals surface area contributed by atoms with Crippen molar-refractivity contribution in [2.45, 2.75) is 24.7 Å². The van der Waals surface area contributed by atoms with Gasteiger partial charge >= 0.3 is 5.97 Å². The van der Waals surface area contributed by atoms with Gasteiger partial charge in [-0.2, -0.15) is 0 Å². The Morgan fingerprint density at radius 1 is 1.04 bits per heavy atom. The molecule has 144 valence electrons. The van der Waals surface area contributed by atoms with E-state index in [4.69, 9.17) is 14.2 Å². The maximum Gasteiger partial charge on any atom is 0.330 e. The van der Waals surface area contributed by atoms with Gasteiger partial charge in [-0.25, -0.2) is 4.79 Å². The van der Waals surface area contributed by atoms with Crippen LogP contribution < -0.4 is 9.47 Å². The zero-order valence-electron chi connectivity index (χ0n) is 15.0. The minimum atomic E-state index is -2.36. The zero-order chi connectivity index (χ0) is 19.5. The van der Waals surface area contributed by atoms with Crippen LogP contribution in [0, 0.1) is 0 Å². The summed E-state index contributed by atoms with van der Waals surface area (Å²) in [6.45, 7) is 3.02. The molecule has 0 spiro atoms. The molecule has 0 aliphatic heterocycles. The van der Waals surface area contributed by atoms with E-state index in [9.17, 15) is 15.0 Å². The Hall–Kier alpha value is -2.83. The average molecular weight is 372 g/mol. The van der Waals surface area contributed by atoms with Crippen molar-refractivity contribution in [2.24, 2.45) is 0 Å². The van der Waals surface area contributed by atoms with Crippen LogP contribution in [0.25, 0.3) is 0 Å². The SMILES string of the molecule is C=CC(=O)OCC(O)(O)C(CCCOc1ccccc1)Oc1ccccc1. The van der Waals surface area contributed by atoms with E-state index in [2.05, 4.69) is 6.58 Å². The van der Waals surface area contributed by atoms with Crippen LogP contribution in [0.1, 0.15) is 12.8 Å². The lowest BCUT2D eigenvalue weighted by Gasteiger charge is -2.31. The molecule has 2 aromatic carbocycles. The summed E-state index contributed by atoms with van der Waals surface area (Å²) in [6.07, 6.45) is 0.721. The predicted molar refractivity (Wildman–Crippen MR) is 100 cm³/mol. The fourth-order valence-corrected chi connectivity index (χ4v) is 2.35. The number of hydrogen-bond donors (Lipinski definition) is 2. The summed E-state index contributed by atoms with van der Waals surface area (Å²) >= 11 is 0. The summed E-state index contributed by atoms with van der Waals surface area (Å²) in [5, 5.41) is 20.7. The van der Waals surface area contributed by atoms with Crippen molar-refractivity contribution in [2.75, 3.05) is 13.2 Å². The molecular weight excluding hydrogens is 348 g/mol. The summed E-state index contributed by atoms with van der Waals surface area (Å²) in [4.78, 5) is 11.2. The van der Waals surface area contributed by atoms with Crippen molar-refractivity contribution in [3.8, 4) is 11.5 Å². The average Bonchev–Trinajstić information content (AvgIpc) is 2.70. The van der Waals surface area contributed by atoms with Crippen LogP contribution in [0.5, 0.6) is 11.5 Å². The van der Waals surface area contributed by atoms with Crippen molar-refractivity contribution in [3.63, 3.8) is 0 Å². The highest BCUT2D eigenvalue weighted by molar-refractivity contribution is 5.81. The minimum absolute atomic E-state index is 0.278. The fourth-order valence-electron chi connectivity index (χ4n) is 2.35. The second-order valence-corrected chi connectivity index (χ2v) is 5.91. The summed E-state index contributed by atoms with van der Waals surface area (Å²) in [5.41, 5.74) is 0. The fraction of sp³-hybridized carbons (Fsp3) is 0.286. The van der Waals surface area contributed by atoms with Crippen LogP contribution in [0.4, 0.5) is 0 Å². The standard InChI is InChI=1S/C21H24O6/c1-2-20(22)26-16-21(23,24)19(27-18-12-7-4-8-13-18)14-9-15-25-17-10-5-3-6-11-17/h2-8,10-13,19,23-24H,1,9,14-16H2. The lowest BCUT2D eigenvalue weighted by molar-refractivity contribution is -0.243. The highest BCUT2D eigenvalue weighted by Gasteiger charge is 2.37. The molecule has 2 N–H and O–H groups in total. The summed E-state index contributed by atoms with van der Waals surface area (Å²) < 4.78 is 16.1. The van der Waals surface area contributed by atoms with Gasteiger partial charge in [0.05, 0.1) is 6.61 Å². The van der Waals surface area contributed by atoms with Gasteiger partial charge in [0.25, 0.3) is 0 Å². The molecule has 0 aliphatic rings. The molecule has 0 bridgehead atoms. The number of benzene rings is 2. The largest absolute Gasteiger partial charge is 0.494 e. The summed E-state index contributed by atoms with van der Waals surface area (Å²) in [6, 6.07) is 18.1. The van der Waals surface area contributed by atoms with E-state index in [1.54, 1.807) is 24.3 Å². The Kier molecular flexibility index (Phi) is 7.85. The Morgan fingerprint density at radius 3 is 2.22 bits per heavy atom. The number of rotatable bonds is 11. The number of carbonyl (C=O) groups excluding carboxylic acids is 1. The second-order valence-electron chi connectivity index (χ2n) is 5.91. The minimum Gasteiger partial charge on any atom is -0.494 e. The third kappa shape index (κ3) is 7.13. The van der Waals surface area contributed by atoms with Crippen LogP contribution in [0.2, 0.25) is 0 Å². The van der Waals surface area contributed by atoms with Crippen LogP contribution >= 0.6 is 0 Å². The number of ether oxygens (including phenoxy) is 3. The van der Waals surface area contributed by atoms with Gasteiger partial charge in [0.1, 0.15) is 18.1 Å². The molecule has 2 aromatic rings. The van der Waals surface area contributed by atoms with Crippen molar-refractivity contribution in [1.29, 1.82) is 0 Å². The molecule has 6 heteroatoms. The monoisotopic (exact) mass is 372 g/mol. The molecule has 0 amide bonds. The van der Waals surface area contributed by atoms with Crippen molar-refractivity contribution in [1.82, 2.24) is 0 Å². The smallest absolute Gasteiger partial charge is 0.330 e. The Labute approximate surface area is 158 Å². The molecule has 0 saturated heterocycles. The molecule has 1 unspecified atom stereocenters. The van der Waals surface area contributed by atoms with Crippen molar-refractivity contribution in [3.05, 3.63) is 73.3 Å². The van der Waals surface area contributed by atoms with E-state index in [0.29, 0.717) is 18.8 Å². The molecule has 0 saturated carbocycles. The topological polar surface area (TPSA) is 85.2 Å². The molecule has 6 nitrogen and oxygen atoms in total. The number of hydrogen-bond acceptors (Lipinski definition) is 6. The van der Waals surface area contributed by atoms with E-state index in [0.717, 1.165) is 11.8 Å². The number of aliphatic hydroxyl groups is 2. The highest BCUT2D eigenvalue weighted by Crippen LogP contribution is 2.22. The van der Waals surface area contributed by atoms with Gasteiger partial charge in [-0.05, 0) is 37.1 Å². The molecule has 0 aromatic heterocycles. The van der Waals surface area contributed by atoms with Crippen LogP contribution in [-0.2, 0) is 9.53 Å². The first-order valence-corrected chi connectivity index (χ1v) is 8.65. The Bertz CT molecular complexity index is 699. The Morgan fingerprint density at radius 2 is 1.63 bits per heavy atom. The van der Waals surface area contributed by atoms with E-state index in [1.165, 1.54) is 0 Å². The molecular formula is C21H24O6. The van der Waals surface area contributed by atoms with Gasteiger partial charge in [0.2, 0.25) is 5.79 Å². The van der Waals surface area contributed by atoms with E-state index in [-0.39, 0.29) is 6.42 Å². The first-order valence-electron chi connectivity index (χ1n) is 8.65. The van der Waals surface area contributed by atoms with Gasteiger partial charge in [-0.3, -0.25) is 0 Å². The van der Waals surface area contributed by atoms with Crippen LogP contribution in [-0.4, -0.2) is 41.3 Å². The van der Waals surface area contributed by atoms with Crippen molar-refractivity contribution >= 4 is 5.97 Å². The van der Waals surface area contributed by atoms with Crippen molar-refractivity contribution < 1.29 is 29.2 Å². The number of esters is 1. The first-order chi connectivity index (χ1) is 13.0. The van der Waals surface area contributed by atoms with Gasteiger partial charge in [0, 0.05) is 6.08 Å². The lowest BCUT2D eigenvalue weighted by Crippen LogP contribution is -2.50. The highest BCUT2D eigenvalue weighted by atomic mass is 16.6. The van der Waals surface area contributed by atoms with E-state index in [1.807, 2.05) is 36.4 Å². The summed E-state index contributed by atoms with van der Waals surface area (Å²) in [5.74, 6) is -1.89. The zero-order valence-corrected chi connectivity index (χ0v) is 15.0. The second kappa shape index (κ2) is 10.4. The van der Waals surface area contributed by atoms with Gasteiger partial charge in [-0.1, -0.05) is 43.0 Å². The summed E-state index contributed by atoms with van der Waals surface area (Å²) in [7, 11) is 0. The first kappa shape index (κ1) is 20.5. The quantitative estimate of drug-likeness (QED) is 0.273. The normalized spacial score (nSPS) is 12.1. The molecule has 0 aliphatic carbocycles. The number of carbonyl (C=O) groups is 1. The third-order valence-electron chi connectivity index (χ3n) is 3.75. The van der Waals surface area contributed by atoms with Crippen LogP contribution in [0.15, 0.2) is 73.3 Å². The van der Waals surface area contributed by atoms with Gasteiger partial charge < -0.3 is 24.4 Å². The maximum absolute atomic E-state index is 11.2. The molecule has 0 fully saturated rings. The van der Waals surface area contributed by atoms with E-state index >= 15 is 0 Å². The molecule has 0 heterocycles. The molecule has 0 radical (unpaired) electrons. The molecule has 27 heavy (non-hydrogen) atoms. The maximum atomic E-state index is 11.2. The number of para-hydroxylation sites is 2. The van der Waals surface area contributed by atoms with Crippen LogP contribution in [0.3, 0.4) is 0 Å². The molecule has 1 atom stereocenters. The third-order valence-corrected chi connectivity index (χ3v) is 3.75. The molecule has 2 rings (SSSR count). The van der Waals surface area contributed by atoms with E-state index < -0.39 is 24.5 Å².